The summed E-state index contributed by atoms with van der Waals surface area (Å²) in [7, 11) is 0. The summed E-state index contributed by atoms with van der Waals surface area (Å²) in [4.78, 5) is 14.7. The molecule has 0 atom stereocenters. The molecule has 0 aromatic heterocycles. The van der Waals surface area contributed by atoms with Crippen LogP contribution in [0.2, 0.25) is 0 Å². The third kappa shape index (κ3) is 2.64. The van der Waals surface area contributed by atoms with Gasteiger partial charge < -0.3 is 9.64 Å². The number of amides is 1. The molecule has 0 unspecified atom stereocenters. The minimum absolute atomic E-state index is 0.0104. The SMILES string of the molecule is CC(C)Oc1ccccc1C(=O)N1CCc2ccccc21. The van der Waals surface area contributed by atoms with Crippen LogP contribution >= 0.6 is 0 Å². The summed E-state index contributed by atoms with van der Waals surface area (Å²) >= 11 is 0. The lowest BCUT2D eigenvalue weighted by molar-refractivity contribution is 0.0983. The van der Waals surface area contributed by atoms with Crippen LogP contribution in [0.1, 0.15) is 29.8 Å². The molecule has 1 heterocycles. The molecule has 1 aliphatic heterocycles. The molecule has 0 fully saturated rings. The second-order valence-corrected chi connectivity index (χ2v) is 5.50. The van der Waals surface area contributed by atoms with Crippen molar-refractivity contribution in [1.29, 1.82) is 0 Å². The van der Waals surface area contributed by atoms with Gasteiger partial charge in [0.15, 0.2) is 0 Å². The topological polar surface area (TPSA) is 29.5 Å². The number of hydrogen-bond donors (Lipinski definition) is 0. The Morgan fingerprint density at radius 3 is 2.62 bits per heavy atom. The van der Waals surface area contributed by atoms with Gasteiger partial charge in [0, 0.05) is 12.2 Å². The summed E-state index contributed by atoms with van der Waals surface area (Å²) < 4.78 is 5.77. The number of para-hydroxylation sites is 2. The zero-order valence-corrected chi connectivity index (χ0v) is 12.4. The van der Waals surface area contributed by atoms with Crippen molar-refractivity contribution < 1.29 is 9.53 Å². The van der Waals surface area contributed by atoms with Gasteiger partial charge in [0.2, 0.25) is 0 Å². The molecule has 1 aliphatic rings. The minimum Gasteiger partial charge on any atom is -0.490 e. The summed E-state index contributed by atoms with van der Waals surface area (Å²) in [6.07, 6.45) is 0.958. The van der Waals surface area contributed by atoms with Crippen molar-refractivity contribution in [3.05, 3.63) is 59.7 Å². The molecule has 2 aromatic rings. The van der Waals surface area contributed by atoms with E-state index in [0.717, 1.165) is 18.7 Å². The first-order valence-corrected chi connectivity index (χ1v) is 7.32. The fourth-order valence-corrected chi connectivity index (χ4v) is 2.69. The zero-order valence-electron chi connectivity index (χ0n) is 12.4. The maximum absolute atomic E-state index is 12.9. The average Bonchev–Trinajstić information content (AvgIpc) is 2.90. The van der Waals surface area contributed by atoms with E-state index in [4.69, 9.17) is 4.74 Å². The molecule has 3 rings (SSSR count). The van der Waals surface area contributed by atoms with Gasteiger partial charge in [0.1, 0.15) is 5.75 Å². The Morgan fingerprint density at radius 1 is 1.10 bits per heavy atom. The molecule has 0 N–H and O–H groups in total. The average molecular weight is 281 g/mol. The van der Waals surface area contributed by atoms with Crippen molar-refractivity contribution in [2.45, 2.75) is 26.4 Å². The van der Waals surface area contributed by atoms with Crippen LogP contribution in [0.4, 0.5) is 5.69 Å². The van der Waals surface area contributed by atoms with Crippen LogP contribution < -0.4 is 9.64 Å². The fourth-order valence-electron chi connectivity index (χ4n) is 2.69. The Bertz CT molecular complexity index is 664. The van der Waals surface area contributed by atoms with Crippen molar-refractivity contribution >= 4 is 11.6 Å². The van der Waals surface area contributed by atoms with E-state index in [1.54, 1.807) is 0 Å². The summed E-state index contributed by atoms with van der Waals surface area (Å²) in [6, 6.07) is 15.5. The number of carbonyl (C=O) groups excluding carboxylic acids is 1. The lowest BCUT2D eigenvalue weighted by Gasteiger charge is -2.20. The van der Waals surface area contributed by atoms with Crippen LogP contribution in [0, 0.1) is 0 Å². The molecule has 0 radical (unpaired) electrons. The molecule has 0 spiro atoms. The highest BCUT2D eigenvalue weighted by molar-refractivity contribution is 6.08. The van der Waals surface area contributed by atoms with Crippen molar-refractivity contribution in [1.82, 2.24) is 0 Å². The van der Waals surface area contributed by atoms with E-state index >= 15 is 0 Å². The number of hydrogen-bond acceptors (Lipinski definition) is 2. The number of anilines is 1. The first-order chi connectivity index (χ1) is 10.2. The predicted molar refractivity (Wildman–Crippen MR) is 84.0 cm³/mol. The van der Waals surface area contributed by atoms with Gasteiger partial charge in [0.05, 0.1) is 11.7 Å². The monoisotopic (exact) mass is 281 g/mol. The Kier molecular flexibility index (Phi) is 3.65. The third-order valence-corrected chi connectivity index (χ3v) is 3.61. The standard InChI is InChI=1S/C18H19NO2/c1-13(2)21-17-10-6-4-8-15(17)18(20)19-12-11-14-7-3-5-9-16(14)19/h3-10,13H,11-12H2,1-2H3. The molecular weight excluding hydrogens is 262 g/mol. The molecule has 3 heteroatoms. The maximum Gasteiger partial charge on any atom is 0.262 e. The van der Waals surface area contributed by atoms with Crippen LogP contribution in [0.3, 0.4) is 0 Å². The number of nitrogens with zero attached hydrogens (tertiary/aromatic N) is 1. The van der Waals surface area contributed by atoms with E-state index in [0.29, 0.717) is 11.3 Å². The molecule has 0 aliphatic carbocycles. The Hall–Kier alpha value is -2.29. The number of fused-ring (bicyclic) bond motifs is 1. The molecular formula is C18H19NO2. The van der Waals surface area contributed by atoms with Gasteiger partial charge in [-0.25, -0.2) is 0 Å². The highest BCUT2D eigenvalue weighted by Crippen LogP contribution is 2.31. The van der Waals surface area contributed by atoms with Crippen molar-refractivity contribution in [2.24, 2.45) is 0 Å². The normalized spacial score (nSPS) is 13.4. The van der Waals surface area contributed by atoms with E-state index in [2.05, 4.69) is 6.07 Å². The first-order valence-electron chi connectivity index (χ1n) is 7.32. The van der Waals surface area contributed by atoms with E-state index in [1.807, 2.05) is 61.2 Å². The summed E-state index contributed by atoms with van der Waals surface area (Å²) in [6.45, 7) is 4.66. The predicted octanol–water partition coefficient (Wildman–Crippen LogP) is 3.68. The maximum atomic E-state index is 12.9. The molecule has 2 aromatic carbocycles. The van der Waals surface area contributed by atoms with Crippen molar-refractivity contribution in [3.8, 4) is 5.75 Å². The Balaban J connectivity index is 1.94. The van der Waals surface area contributed by atoms with Gasteiger partial charge >= 0.3 is 0 Å². The van der Waals surface area contributed by atoms with Gasteiger partial charge in [0.25, 0.3) is 5.91 Å². The fraction of sp³-hybridized carbons (Fsp3) is 0.278. The van der Waals surface area contributed by atoms with Crippen LogP contribution in [-0.2, 0) is 6.42 Å². The van der Waals surface area contributed by atoms with Crippen LogP contribution in [-0.4, -0.2) is 18.6 Å². The molecule has 0 saturated carbocycles. The second kappa shape index (κ2) is 5.60. The van der Waals surface area contributed by atoms with Gasteiger partial charge in [-0.1, -0.05) is 30.3 Å². The highest BCUT2D eigenvalue weighted by atomic mass is 16.5. The van der Waals surface area contributed by atoms with E-state index in [-0.39, 0.29) is 12.0 Å². The molecule has 21 heavy (non-hydrogen) atoms. The van der Waals surface area contributed by atoms with E-state index < -0.39 is 0 Å². The van der Waals surface area contributed by atoms with Crippen LogP contribution in [0.25, 0.3) is 0 Å². The Morgan fingerprint density at radius 2 is 1.81 bits per heavy atom. The van der Waals surface area contributed by atoms with Gasteiger partial charge in [-0.2, -0.15) is 0 Å². The zero-order chi connectivity index (χ0) is 14.8. The smallest absolute Gasteiger partial charge is 0.262 e. The van der Waals surface area contributed by atoms with Crippen molar-refractivity contribution in [2.75, 3.05) is 11.4 Å². The van der Waals surface area contributed by atoms with Crippen LogP contribution in [0.5, 0.6) is 5.75 Å². The van der Waals surface area contributed by atoms with Gasteiger partial charge in [-0.05, 0) is 44.0 Å². The lowest BCUT2D eigenvalue weighted by atomic mass is 10.1. The minimum atomic E-state index is 0.0104. The summed E-state index contributed by atoms with van der Waals surface area (Å²) in [5.74, 6) is 0.665. The van der Waals surface area contributed by atoms with Gasteiger partial charge in [-0.15, -0.1) is 0 Å². The third-order valence-electron chi connectivity index (χ3n) is 3.61. The number of carbonyl (C=O) groups is 1. The molecule has 3 nitrogen and oxygen atoms in total. The Labute approximate surface area is 125 Å². The second-order valence-electron chi connectivity index (χ2n) is 5.50. The van der Waals surface area contributed by atoms with E-state index in [9.17, 15) is 4.79 Å². The van der Waals surface area contributed by atoms with Crippen molar-refractivity contribution in [3.63, 3.8) is 0 Å². The molecule has 108 valence electrons. The number of rotatable bonds is 3. The van der Waals surface area contributed by atoms with Gasteiger partial charge in [-0.3, -0.25) is 4.79 Å². The molecule has 1 amide bonds. The molecule has 0 saturated heterocycles. The summed E-state index contributed by atoms with van der Waals surface area (Å²) in [5.41, 5.74) is 2.87. The molecule has 0 bridgehead atoms. The van der Waals surface area contributed by atoms with E-state index in [1.165, 1.54) is 5.56 Å². The summed E-state index contributed by atoms with van der Waals surface area (Å²) in [5, 5.41) is 0. The lowest BCUT2D eigenvalue weighted by Crippen LogP contribution is -2.29. The quantitative estimate of drug-likeness (QED) is 0.859. The number of benzene rings is 2. The largest absolute Gasteiger partial charge is 0.490 e. The number of ether oxygens (including phenoxy) is 1. The first kappa shape index (κ1) is 13.7. The van der Waals surface area contributed by atoms with Crippen LogP contribution in [0.15, 0.2) is 48.5 Å². The highest BCUT2D eigenvalue weighted by Gasteiger charge is 2.27.